The predicted molar refractivity (Wildman–Crippen MR) is 69.0 cm³/mol. The maximum atomic E-state index is 12.0. The van der Waals surface area contributed by atoms with Crippen molar-refractivity contribution in [3.63, 3.8) is 0 Å². The normalized spacial score (nSPS) is 10.5. The quantitative estimate of drug-likeness (QED) is 0.882. The zero-order chi connectivity index (χ0) is 12.3. The summed E-state index contributed by atoms with van der Waals surface area (Å²) in [5.41, 5.74) is 7.21. The van der Waals surface area contributed by atoms with Crippen LogP contribution in [0.1, 0.15) is 21.7 Å². The summed E-state index contributed by atoms with van der Waals surface area (Å²) < 4.78 is 5.82. The number of halogens is 1. The molecule has 0 saturated carbocycles. The molecule has 17 heavy (non-hydrogen) atoms. The molecule has 0 radical (unpaired) electrons. The Morgan fingerprint density at radius 2 is 1.94 bits per heavy atom. The number of rotatable bonds is 4. The molecule has 2 rings (SSSR count). The third kappa shape index (κ3) is 2.65. The fourth-order valence-electron chi connectivity index (χ4n) is 1.58. The van der Waals surface area contributed by atoms with Crippen molar-refractivity contribution in [3.05, 3.63) is 58.0 Å². The van der Waals surface area contributed by atoms with Crippen molar-refractivity contribution in [3.8, 4) is 0 Å². The molecule has 4 heteroatoms. The van der Waals surface area contributed by atoms with E-state index >= 15 is 0 Å². The van der Waals surface area contributed by atoms with Crippen molar-refractivity contribution in [1.29, 1.82) is 0 Å². The molecule has 2 aromatic rings. The monoisotopic (exact) mass is 293 g/mol. The van der Waals surface area contributed by atoms with Crippen LogP contribution in [0.4, 0.5) is 0 Å². The number of carbonyl (C=O) groups excluding carboxylic acids is 1. The van der Waals surface area contributed by atoms with Crippen LogP contribution in [0.5, 0.6) is 0 Å². The molecule has 0 fully saturated rings. The van der Waals surface area contributed by atoms with E-state index in [1.807, 2.05) is 12.1 Å². The fraction of sp³-hybridized carbons (Fsp3) is 0.154. The van der Waals surface area contributed by atoms with Gasteiger partial charge in [-0.05, 0) is 40.5 Å². The van der Waals surface area contributed by atoms with Crippen molar-refractivity contribution in [1.82, 2.24) is 0 Å². The van der Waals surface area contributed by atoms with Gasteiger partial charge in [-0.1, -0.05) is 24.3 Å². The summed E-state index contributed by atoms with van der Waals surface area (Å²) in [5.74, 6) is 0.206. The molecule has 0 saturated heterocycles. The number of hydrogen-bond acceptors (Lipinski definition) is 3. The Hall–Kier alpha value is -1.39. The van der Waals surface area contributed by atoms with Crippen molar-refractivity contribution in [2.24, 2.45) is 5.73 Å². The van der Waals surface area contributed by atoms with Gasteiger partial charge in [-0.25, -0.2) is 0 Å². The van der Waals surface area contributed by atoms with Gasteiger partial charge in [0.25, 0.3) is 0 Å². The SMILES string of the molecule is NCCc1ccc(C(=O)c2occc2Br)cc1. The van der Waals surface area contributed by atoms with Crippen LogP contribution in [-0.2, 0) is 6.42 Å². The van der Waals surface area contributed by atoms with Crippen molar-refractivity contribution < 1.29 is 9.21 Å². The van der Waals surface area contributed by atoms with Crippen molar-refractivity contribution >= 4 is 21.7 Å². The molecular formula is C13H12BrNO2. The standard InChI is InChI=1S/C13H12BrNO2/c14-11-6-8-17-13(11)12(16)10-3-1-9(2-4-10)5-7-15/h1-4,6,8H,5,7,15H2. The van der Waals surface area contributed by atoms with Crippen molar-refractivity contribution in [2.75, 3.05) is 6.54 Å². The van der Waals surface area contributed by atoms with Gasteiger partial charge < -0.3 is 10.2 Å². The number of benzene rings is 1. The predicted octanol–water partition coefficient (Wildman–Crippen LogP) is 2.77. The van der Waals surface area contributed by atoms with Crippen LogP contribution in [0.2, 0.25) is 0 Å². The number of furan rings is 1. The van der Waals surface area contributed by atoms with Crippen LogP contribution in [0.3, 0.4) is 0 Å². The summed E-state index contributed by atoms with van der Waals surface area (Å²) in [6.45, 7) is 0.608. The first-order valence-corrected chi connectivity index (χ1v) is 6.08. The minimum atomic E-state index is -0.124. The number of carbonyl (C=O) groups is 1. The molecular weight excluding hydrogens is 282 g/mol. The van der Waals surface area contributed by atoms with Gasteiger partial charge in [0.05, 0.1) is 10.7 Å². The van der Waals surface area contributed by atoms with Crippen LogP contribution >= 0.6 is 15.9 Å². The zero-order valence-electron chi connectivity index (χ0n) is 9.15. The van der Waals surface area contributed by atoms with Crippen LogP contribution in [0.25, 0.3) is 0 Å². The number of hydrogen-bond donors (Lipinski definition) is 1. The van der Waals surface area contributed by atoms with E-state index in [9.17, 15) is 4.79 Å². The van der Waals surface area contributed by atoms with Crippen molar-refractivity contribution in [2.45, 2.75) is 6.42 Å². The van der Waals surface area contributed by atoms with E-state index in [1.165, 1.54) is 6.26 Å². The number of nitrogens with two attached hydrogens (primary N) is 1. The van der Waals surface area contributed by atoms with Gasteiger partial charge in [-0.2, -0.15) is 0 Å². The first kappa shape index (κ1) is 12.1. The third-order valence-electron chi connectivity index (χ3n) is 2.47. The molecule has 1 aromatic heterocycles. The molecule has 1 heterocycles. The molecule has 0 atom stereocenters. The lowest BCUT2D eigenvalue weighted by Gasteiger charge is -2.01. The van der Waals surface area contributed by atoms with E-state index in [1.54, 1.807) is 18.2 Å². The lowest BCUT2D eigenvalue weighted by molar-refractivity contribution is 0.101. The highest BCUT2D eigenvalue weighted by Gasteiger charge is 2.15. The first-order chi connectivity index (χ1) is 8.22. The Kier molecular flexibility index (Phi) is 3.76. The van der Waals surface area contributed by atoms with Gasteiger partial charge >= 0.3 is 0 Å². The molecule has 2 N–H and O–H groups in total. The maximum absolute atomic E-state index is 12.0. The average Bonchev–Trinajstić information content (AvgIpc) is 2.76. The zero-order valence-corrected chi connectivity index (χ0v) is 10.7. The minimum absolute atomic E-state index is 0.124. The Morgan fingerprint density at radius 1 is 1.24 bits per heavy atom. The molecule has 1 aromatic carbocycles. The topological polar surface area (TPSA) is 56.2 Å². The molecule has 0 spiro atoms. The average molecular weight is 294 g/mol. The first-order valence-electron chi connectivity index (χ1n) is 5.29. The smallest absolute Gasteiger partial charge is 0.229 e. The van der Waals surface area contributed by atoms with Gasteiger partial charge in [0.1, 0.15) is 0 Å². The van der Waals surface area contributed by atoms with Gasteiger partial charge in [0.15, 0.2) is 5.76 Å². The number of ketones is 1. The minimum Gasteiger partial charge on any atom is -0.460 e. The Bertz CT molecular complexity index is 516. The highest BCUT2D eigenvalue weighted by atomic mass is 79.9. The second-order valence-corrected chi connectivity index (χ2v) is 4.52. The summed E-state index contributed by atoms with van der Waals surface area (Å²) in [7, 11) is 0. The largest absolute Gasteiger partial charge is 0.460 e. The lowest BCUT2D eigenvalue weighted by atomic mass is 10.1. The van der Waals surface area contributed by atoms with Crippen LogP contribution < -0.4 is 5.73 Å². The summed E-state index contributed by atoms with van der Waals surface area (Å²) in [5, 5.41) is 0. The molecule has 0 bridgehead atoms. The molecule has 0 unspecified atom stereocenters. The molecule has 0 amide bonds. The van der Waals surface area contributed by atoms with Crippen LogP contribution in [0.15, 0.2) is 45.5 Å². The van der Waals surface area contributed by atoms with E-state index in [2.05, 4.69) is 15.9 Å². The molecule has 0 aliphatic rings. The fourth-order valence-corrected chi connectivity index (χ4v) is 1.96. The molecule has 0 aliphatic carbocycles. The highest BCUT2D eigenvalue weighted by molar-refractivity contribution is 9.10. The van der Waals surface area contributed by atoms with Crippen LogP contribution in [-0.4, -0.2) is 12.3 Å². The molecule has 88 valence electrons. The summed E-state index contributed by atoms with van der Waals surface area (Å²) in [6.07, 6.45) is 2.30. The summed E-state index contributed by atoms with van der Waals surface area (Å²) >= 11 is 3.27. The Labute approximate surface area is 108 Å². The lowest BCUT2D eigenvalue weighted by Crippen LogP contribution is -2.04. The second kappa shape index (κ2) is 5.29. The van der Waals surface area contributed by atoms with Gasteiger partial charge in [-0.3, -0.25) is 4.79 Å². The van der Waals surface area contributed by atoms with E-state index in [-0.39, 0.29) is 5.78 Å². The van der Waals surface area contributed by atoms with E-state index in [0.717, 1.165) is 12.0 Å². The molecule has 3 nitrogen and oxygen atoms in total. The summed E-state index contributed by atoms with van der Waals surface area (Å²) in [6, 6.07) is 9.12. The van der Waals surface area contributed by atoms with Gasteiger partial charge in [0, 0.05) is 5.56 Å². The molecule has 0 aliphatic heterocycles. The highest BCUT2D eigenvalue weighted by Crippen LogP contribution is 2.21. The van der Waals surface area contributed by atoms with Gasteiger partial charge in [-0.15, -0.1) is 0 Å². The maximum Gasteiger partial charge on any atom is 0.229 e. The van der Waals surface area contributed by atoms with E-state index < -0.39 is 0 Å². The van der Waals surface area contributed by atoms with Crippen LogP contribution in [0, 0.1) is 0 Å². The third-order valence-corrected chi connectivity index (χ3v) is 3.10. The van der Waals surface area contributed by atoms with E-state index in [0.29, 0.717) is 22.3 Å². The van der Waals surface area contributed by atoms with E-state index in [4.69, 9.17) is 10.2 Å². The second-order valence-electron chi connectivity index (χ2n) is 3.66. The van der Waals surface area contributed by atoms with Gasteiger partial charge in [0.2, 0.25) is 5.78 Å². The Morgan fingerprint density at radius 3 is 2.47 bits per heavy atom. The summed E-state index contributed by atoms with van der Waals surface area (Å²) in [4.78, 5) is 12.0. The Balaban J connectivity index is 2.23.